The van der Waals surface area contributed by atoms with Crippen molar-refractivity contribution in [3.63, 3.8) is 0 Å². The van der Waals surface area contributed by atoms with Gasteiger partial charge in [-0.25, -0.2) is 4.98 Å². The van der Waals surface area contributed by atoms with Crippen molar-refractivity contribution in [2.24, 2.45) is 5.92 Å². The maximum atomic E-state index is 9.08. The molecular weight excluding hydrogens is 194 g/mol. The van der Waals surface area contributed by atoms with Crippen LogP contribution < -0.4 is 0 Å². The van der Waals surface area contributed by atoms with Gasteiger partial charge < -0.3 is 5.11 Å². The fourth-order valence-corrected chi connectivity index (χ4v) is 2.34. The van der Waals surface area contributed by atoms with Crippen LogP contribution in [0.15, 0.2) is 5.38 Å². The lowest BCUT2D eigenvalue weighted by atomic mass is 10.0. The largest absolute Gasteiger partial charge is 0.396 e. The topological polar surface area (TPSA) is 33.1 Å². The summed E-state index contributed by atoms with van der Waals surface area (Å²) >= 11 is 1.71. The molecule has 0 aliphatic heterocycles. The fourth-order valence-electron chi connectivity index (χ4n) is 1.27. The van der Waals surface area contributed by atoms with Gasteiger partial charge in [-0.1, -0.05) is 27.2 Å². The van der Waals surface area contributed by atoms with E-state index < -0.39 is 0 Å². The Hall–Kier alpha value is -0.410. The zero-order valence-electron chi connectivity index (χ0n) is 9.16. The standard InChI is InChI=1S/C11H19NOS/c1-4-9(6-13)5-11-12-10(7-14-11)8(2)3/h7-9,13H,4-6H2,1-3H3. The van der Waals surface area contributed by atoms with Crippen LogP contribution in [0, 0.1) is 5.92 Å². The van der Waals surface area contributed by atoms with Gasteiger partial charge in [-0.3, -0.25) is 0 Å². The number of hydrogen-bond acceptors (Lipinski definition) is 3. The van der Waals surface area contributed by atoms with Crippen LogP contribution in [0.4, 0.5) is 0 Å². The molecule has 0 fully saturated rings. The molecule has 1 aromatic rings. The van der Waals surface area contributed by atoms with Crippen LogP contribution in [0.25, 0.3) is 0 Å². The number of aliphatic hydroxyl groups is 1. The van der Waals surface area contributed by atoms with Gasteiger partial charge in [0.1, 0.15) is 0 Å². The lowest BCUT2D eigenvalue weighted by Gasteiger charge is -2.08. The summed E-state index contributed by atoms with van der Waals surface area (Å²) < 4.78 is 0. The summed E-state index contributed by atoms with van der Waals surface area (Å²) in [5, 5.41) is 12.4. The Balaban J connectivity index is 2.58. The maximum absolute atomic E-state index is 9.08. The molecule has 0 bridgehead atoms. The van der Waals surface area contributed by atoms with E-state index in [1.54, 1.807) is 11.3 Å². The maximum Gasteiger partial charge on any atom is 0.0932 e. The number of hydrogen-bond donors (Lipinski definition) is 1. The second-order valence-electron chi connectivity index (χ2n) is 3.98. The molecular formula is C11H19NOS. The van der Waals surface area contributed by atoms with Gasteiger partial charge >= 0.3 is 0 Å². The van der Waals surface area contributed by atoms with Crippen LogP contribution in [0.2, 0.25) is 0 Å². The third-order valence-electron chi connectivity index (χ3n) is 2.46. The molecule has 0 saturated carbocycles. The first-order valence-corrected chi connectivity index (χ1v) is 6.10. The minimum atomic E-state index is 0.271. The molecule has 80 valence electrons. The Morgan fingerprint density at radius 2 is 2.21 bits per heavy atom. The molecule has 0 saturated heterocycles. The third-order valence-corrected chi connectivity index (χ3v) is 3.35. The molecule has 0 spiro atoms. The first-order valence-electron chi connectivity index (χ1n) is 5.22. The number of thiazole rings is 1. The van der Waals surface area contributed by atoms with Crippen molar-refractivity contribution < 1.29 is 5.11 Å². The Labute approximate surface area is 90.0 Å². The summed E-state index contributed by atoms with van der Waals surface area (Å²) in [6.07, 6.45) is 1.94. The van der Waals surface area contributed by atoms with Gasteiger partial charge in [-0.15, -0.1) is 11.3 Å². The first-order chi connectivity index (χ1) is 6.67. The molecule has 1 unspecified atom stereocenters. The predicted molar refractivity (Wildman–Crippen MR) is 60.8 cm³/mol. The van der Waals surface area contributed by atoms with Crippen molar-refractivity contribution >= 4 is 11.3 Å². The van der Waals surface area contributed by atoms with Gasteiger partial charge in [0.15, 0.2) is 0 Å². The second kappa shape index (κ2) is 5.47. The molecule has 0 radical (unpaired) electrons. The van der Waals surface area contributed by atoms with Gasteiger partial charge in [0.2, 0.25) is 0 Å². The molecule has 0 amide bonds. The predicted octanol–water partition coefficient (Wildman–Crippen LogP) is 2.83. The van der Waals surface area contributed by atoms with Crippen LogP contribution >= 0.6 is 11.3 Å². The van der Waals surface area contributed by atoms with Crippen LogP contribution in [0.3, 0.4) is 0 Å². The van der Waals surface area contributed by atoms with Crippen LogP contribution in [0.5, 0.6) is 0 Å². The molecule has 2 nitrogen and oxygen atoms in total. The van der Waals surface area contributed by atoms with Crippen molar-refractivity contribution in [3.05, 3.63) is 16.1 Å². The van der Waals surface area contributed by atoms with E-state index in [2.05, 4.69) is 31.1 Å². The van der Waals surface area contributed by atoms with E-state index in [1.807, 2.05) is 0 Å². The van der Waals surface area contributed by atoms with Crippen LogP contribution in [-0.4, -0.2) is 16.7 Å². The summed E-state index contributed by atoms with van der Waals surface area (Å²) in [6.45, 7) is 6.69. The summed E-state index contributed by atoms with van der Waals surface area (Å²) in [5.74, 6) is 0.885. The van der Waals surface area contributed by atoms with Crippen molar-refractivity contribution in [1.29, 1.82) is 0 Å². The van der Waals surface area contributed by atoms with Crippen LogP contribution in [0.1, 0.15) is 43.8 Å². The summed E-state index contributed by atoms with van der Waals surface area (Å²) in [7, 11) is 0. The van der Waals surface area contributed by atoms with Crippen molar-refractivity contribution in [2.45, 2.75) is 39.5 Å². The quantitative estimate of drug-likeness (QED) is 0.816. The van der Waals surface area contributed by atoms with E-state index in [0.29, 0.717) is 11.8 Å². The molecule has 1 heterocycles. The van der Waals surface area contributed by atoms with E-state index in [1.165, 1.54) is 5.69 Å². The molecule has 1 N–H and O–H groups in total. The van der Waals surface area contributed by atoms with Gasteiger partial charge in [0.05, 0.1) is 10.7 Å². The van der Waals surface area contributed by atoms with E-state index in [9.17, 15) is 0 Å². The van der Waals surface area contributed by atoms with Crippen molar-refractivity contribution in [3.8, 4) is 0 Å². The number of rotatable bonds is 5. The van der Waals surface area contributed by atoms with Crippen molar-refractivity contribution in [1.82, 2.24) is 4.98 Å². The summed E-state index contributed by atoms with van der Waals surface area (Å²) in [6, 6.07) is 0. The fraction of sp³-hybridized carbons (Fsp3) is 0.727. The lowest BCUT2D eigenvalue weighted by Crippen LogP contribution is -2.08. The van der Waals surface area contributed by atoms with E-state index in [4.69, 9.17) is 5.11 Å². The lowest BCUT2D eigenvalue weighted by molar-refractivity contribution is 0.222. The minimum absolute atomic E-state index is 0.271. The van der Waals surface area contributed by atoms with Crippen LogP contribution in [-0.2, 0) is 6.42 Å². The highest BCUT2D eigenvalue weighted by Gasteiger charge is 2.10. The molecule has 1 atom stereocenters. The second-order valence-corrected chi connectivity index (χ2v) is 4.92. The Morgan fingerprint density at radius 3 is 2.64 bits per heavy atom. The number of nitrogens with zero attached hydrogens (tertiary/aromatic N) is 1. The average Bonchev–Trinajstić information content (AvgIpc) is 2.62. The number of aliphatic hydroxyl groups excluding tert-OH is 1. The van der Waals surface area contributed by atoms with E-state index in [0.717, 1.165) is 17.8 Å². The Kier molecular flexibility index (Phi) is 4.55. The highest BCUT2D eigenvalue weighted by molar-refractivity contribution is 7.09. The summed E-state index contributed by atoms with van der Waals surface area (Å²) in [5.41, 5.74) is 1.18. The van der Waals surface area contributed by atoms with Crippen molar-refractivity contribution in [2.75, 3.05) is 6.61 Å². The SMILES string of the molecule is CCC(CO)Cc1nc(C(C)C)cs1. The zero-order chi connectivity index (χ0) is 10.6. The van der Waals surface area contributed by atoms with Gasteiger partial charge in [-0.05, 0) is 11.8 Å². The van der Waals surface area contributed by atoms with Gasteiger partial charge in [0.25, 0.3) is 0 Å². The molecule has 14 heavy (non-hydrogen) atoms. The molecule has 1 rings (SSSR count). The van der Waals surface area contributed by atoms with Gasteiger partial charge in [0, 0.05) is 18.4 Å². The molecule has 0 aliphatic carbocycles. The van der Waals surface area contributed by atoms with Gasteiger partial charge in [-0.2, -0.15) is 0 Å². The summed E-state index contributed by atoms with van der Waals surface area (Å²) in [4.78, 5) is 4.55. The average molecular weight is 213 g/mol. The number of aromatic nitrogens is 1. The molecule has 1 aromatic heterocycles. The molecule has 3 heteroatoms. The first kappa shape index (κ1) is 11.7. The Morgan fingerprint density at radius 1 is 1.50 bits per heavy atom. The smallest absolute Gasteiger partial charge is 0.0932 e. The van der Waals surface area contributed by atoms with E-state index >= 15 is 0 Å². The zero-order valence-corrected chi connectivity index (χ0v) is 9.97. The minimum Gasteiger partial charge on any atom is -0.396 e. The normalized spacial score (nSPS) is 13.5. The van der Waals surface area contributed by atoms with E-state index in [-0.39, 0.29) is 6.61 Å². The molecule has 0 aliphatic rings. The molecule has 0 aromatic carbocycles. The highest BCUT2D eigenvalue weighted by Crippen LogP contribution is 2.20. The highest BCUT2D eigenvalue weighted by atomic mass is 32.1. The third kappa shape index (κ3) is 3.07. The Bertz CT molecular complexity index is 266. The monoisotopic (exact) mass is 213 g/mol.